The fraction of sp³-hybridized carbons (Fsp3) is 0.500. The van der Waals surface area contributed by atoms with Crippen LogP contribution < -0.4 is 4.90 Å². The molecular weight excluding hydrogens is 252 g/mol. The number of benzene rings is 1. The van der Waals surface area contributed by atoms with E-state index in [1.54, 1.807) is 4.90 Å². The number of aromatic carboxylic acids is 1. The molecule has 1 atom stereocenters. The molecule has 0 heterocycles. The molecule has 0 radical (unpaired) electrons. The van der Waals surface area contributed by atoms with Crippen LogP contribution in [0.2, 0.25) is 0 Å². The predicted molar refractivity (Wildman–Crippen MR) is 70.7 cm³/mol. The largest absolute Gasteiger partial charge is 0.478 e. The zero-order valence-corrected chi connectivity index (χ0v) is 11.4. The number of halogens is 2. The van der Waals surface area contributed by atoms with Crippen molar-refractivity contribution in [3.8, 4) is 0 Å². The highest BCUT2D eigenvalue weighted by molar-refractivity contribution is 5.88. The van der Waals surface area contributed by atoms with Crippen LogP contribution in [-0.2, 0) is 0 Å². The topological polar surface area (TPSA) is 40.5 Å². The molecule has 0 fully saturated rings. The van der Waals surface area contributed by atoms with E-state index in [9.17, 15) is 13.6 Å². The zero-order chi connectivity index (χ0) is 14.6. The summed E-state index contributed by atoms with van der Waals surface area (Å²) < 4.78 is 27.6. The van der Waals surface area contributed by atoms with Gasteiger partial charge in [-0.15, -0.1) is 0 Å². The standard InChI is InChI=1S/C14H19F2NO2/c1-4-9(3)8-17(5-2)11-7-6-10(14(18)19)12(15)13(11)16/h6-7,9H,4-5,8H2,1-3H3,(H,18,19). The van der Waals surface area contributed by atoms with Crippen molar-refractivity contribution < 1.29 is 18.7 Å². The van der Waals surface area contributed by atoms with Crippen molar-refractivity contribution in [2.24, 2.45) is 5.92 Å². The fourth-order valence-electron chi connectivity index (χ4n) is 1.85. The fourth-order valence-corrected chi connectivity index (χ4v) is 1.85. The van der Waals surface area contributed by atoms with Crippen molar-refractivity contribution in [3.63, 3.8) is 0 Å². The zero-order valence-electron chi connectivity index (χ0n) is 11.4. The second-order valence-corrected chi connectivity index (χ2v) is 4.62. The van der Waals surface area contributed by atoms with E-state index >= 15 is 0 Å². The molecule has 1 unspecified atom stereocenters. The van der Waals surface area contributed by atoms with Gasteiger partial charge in [-0.25, -0.2) is 13.6 Å². The first-order chi connectivity index (χ1) is 8.92. The van der Waals surface area contributed by atoms with Crippen LogP contribution in [0.4, 0.5) is 14.5 Å². The maximum Gasteiger partial charge on any atom is 0.338 e. The van der Waals surface area contributed by atoms with E-state index < -0.39 is 23.2 Å². The number of carboxylic acid groups (broad SMARTS) is 1. The van der Waals surface area contributed by atoms with E-state index in [0.717, 1.165) is 12.5 Å². The second-order valence-electron chi connectivity index (χ2n) is 4.62. The summed E-state index contributed by atoms with van der Waals surface area (Å²) in [5.74, 6) is -3.51. The molecule has 0 bridgehead atoms. The molecule has 0 aliphatic rings. The van der Waals surface area contributed by atoms with E-state index in [0.29, 0.717) is 19.0 Å². The molecule has 106 valence electrons. The van der Waals surface area contributed by atoms with Gasteiger partial charge in [0.2, 0.25) is 0 Å². The van der Waals surface area contributed by atoms with Crippen LogP contribution in [0.3, 0.4) is 0 Å². The smallest absolute Gasteiger partial charge is 0.338 e. The Morgan fingerprint density at radius 2 is 1.95 bits per heavy atom. The van der Waals surface area contributed by atoms with E-state index in [1.807, 2.05) is 20.8 Å². The van der Waals surface area contributed by atoms with E-state index in [1.165, 1.54) is 6.07 Å². The lowest BCUT2D eigenvalue weighted by molar-refractivity contribution is 0.0690. The Bertz CT molecular complexity index is 463. The van der Waals surface area contributed by atoms with Gasteiger partial charge in [0.25, 0.3) is 0 Å². The van der Waals surface area contributed by atoms with Crippen LogP contribution in [0.5, 0.6) is 0 Å². The molecule has 1 rings (SSSR count). The van der Waals surface area contributed by atoms with Crippen LogP contribution in [0, 0.1) is 17.6 Å². The van der Waals surface area contributed by atoms with Gasteiger partial charge in [0.15, 0.2) is 11.6 Å². The lowest BCUT2D eigenvalue weighted by Gasteiger charge is -2.26. The predicted octanol–water partition coefficient (Wildman–Crippen LogP) is 3.54. The quantitative estimate of drug-likeness (QED) is 0.860. The third-order valence-corrected chi connectivity index (χ3v) is 3.24. The third kappa shape index (κ3) is 3.43. The summed E-state index contributed by atoms with van der Waals surface area (Å²) in [4.78, 5) is 12.4. The minimum Gasteiger partial charge on any atom is -0.478 e. The highest BCUT2D eigenvalue weighted by Crippen LogP contribution is 2.25. The minimum absolute atomic E-state index is 0.116. The maximum absolute atomic E-state index is 13.9. The molecular formula is C14H19F2NO2. The van der Waals surface area contributed by atoms with Crippen molar-refractivity contribution >= 4 is 11.7 Å². The van der Waals surface area contributed by atoms with Gasteiger partial charge in [0.1, 0.15) is 0 Å². The van der Waals surface area contributed by atoms with Gasteiger partial charge in [0, 0.05) is 13.1 Å². The van der Waals surface area contributed by atoms with Crippen LogP contribution in [0.1, 0.15) is 37.6 Å². The van der Waals surface area contributed by atoms with Gasteiger partial charge in [-0.2, -0.15) is 0 Å². The van der Waals surface area contributed by atoms with E-state index in [2.05, 4.69) is 0 Å². The normalized spacial score (nSPS) is 12.3. The second kappa shape index (κ2) is 6.50. The lowest BCUT2D eigenvalue weighted by atomic mass is 10.1. The average Bonchev–Trinajstić information content (AvgIpc) is 2.38. The summed E-state index contributed by atoms with van der Waals surface area (Å²) in [6.07, 6.45) is 0.938. The van der Waals surface area contributed by atoms with Gasteiger partial charge in [-0.1, -0.05) is 20.3 Å². The van der Waals surface area contributed by atoms with E-state index in [4.69, 9.17) is 5.11 Å². The molecule has 0 aliphatic heterocycles. The number of anilines is 1. The summed E-state index contributed by atoms with van der Waals surface area (Å²) in [7, 11) is 0. The van der Waals surface area contributed by atoms with Crippen molar-refractivity contribution in [2.45, 2.75) is 27.2 Å². The SMILES string of the molecule is CCC(C)CN(CC)c1ccc(C(=O)O)c(F)c1F. The Labute approximate surface area is 111 Å². The number of hydrogen-bond acceptors (Lipinski definition) is 2. The van der Waals surface area contributed by atoms with Gasteiger partial charge in [-0.05, 0) is 25.0 Å². The van der Waals surface area contributed by atoms with Gasteiger partial charge >= 0.3 is 5.97 Å². The first-order valence-corrected chi connectivity index (χ1v) is 6.38. The Morgan fingerprint density at radius 3 is 2.42 bits per heavy atom. The van der Waals surface area contributed by atoms with Crippen LogP contribution >= 0.6 is 0 Å². The summed E-state index contributed by atoms with van der Waals surface area (Å²) in [5, 5.41) is 8.74. The molecule has 1 N–H and O–H groups in total. The lowest BCUT2D eigenvalue weighted by Crippen LogP contribution is -2.29. The number of carbonyl (C=O) groups is 1. The first-order valence-electron chi connectivity index (χ1n) is 6.38. The Balaban J connectivity index is 3.12. The van der Waals surface area contributed by atoms with Crippen LogP contribution in [-0.4, -0.2) is 24.2 Å². The summed E-state index contributed by atoms with van der Waals surface area (Å²) in [6, 6.07) is 2.43. The molecule has 0 saturated heterocycles. The maximum atomic E-state index is 13.9. The number of rotatable bonds is 6. The summed E-state index contributed by atoms with van der Waals surface area (Å²) in [5.41, 5.74) is -0.522. The summed E-state index contributed by atoms with van der Waals surface area (Å²) >= 11 is 0. The first kappa shape index (κ1) is 15.4. The monoisotopic (exact) mass is 271 g/mol. The molecule has 19 heavy (non-hydrogen) atoms. The van der Waals surface area contributed by atoms with Crippen LogP contribution in [0.25, 0.3) is 0 Å². The summed E-state index contributed by atoms with van der Waals surface area (Å²) in [6.45, 7) is 7.05. The number of carboxylic acids is 1. The third-order valence-electron chi connectivity index (χ3n) is 3.24. The highest BCUT2D eigenvalue weighted by Gasteiger charge is 2.21. The molecule has 0 spiro atoms. The Hall–Kier alpha value is -1.65. The number of nitrogens with zero attached hydrogens (tertiary/aromatic N) is 1. The van der Waals surface area contributed by atoms with Crippen molar-refractivity contribution in [2.75, 3.05) is 18.0 Å². The molecule has 1 aromatic rings. The van der Waals surface area contributed by atoms with E-state index in [-0.39, 0.29) is 5.69 Å². The van der Waals surface area contributed by atoms with Crippen LogP contribution in [0.15, 0.2) is 12.1 Å². The molecule has 5 heteroatoms. The van der Waals surface area contributed by atoms with Gasteiger partial charge in [0.05, 0.1) is 11.3 Å². The Morgan fingerprint density at radius 1 is 1.32 bits per heavy atom. The molecule has 0 amide bonds. The molecule has 3 nitrogen and oxygen atoms in total. The number of hydrogen-bond donors (Lipinski definition) is 1. The average molecular weight is 271 g/mol. The molecule has 1 aromatic carbocycles. The van der Waals surface area contributed by atoms with Crippen molar-refractivity contribution in [3.05, 3.63) is 29.3 Å². The van der Waals surface area contributed by atoms with Crippen molar-refractivity contribution in [1.82, 2.24) is 0 Å². The Kier molecular flexibility index (Phi) is 5.27. The van der Waals surface area contributed by atoms with Crippen molar-refractivity contribution in [1.29, 1.82) is 0 Å². The van der Waals surface area contributed by atoms with Gasteiger partial charge in [-0.3, -0.25) is 0 Å². The highest BCUT2D eigenvalue weighted by atomic mass is 19.2. The van der Waals surface area contributed by atoms with Gasteiger partial charge < -0.3 is 10.0 Å². The minimum atomic E-state index is -1.46. The molecule has 0 aromatic heterocycles. The molecule has 0 saturated carbocycles. The molecule has 0 aliphatic carbocycles.